The van der Waals surface area contributed by atoms with Gasteiger partial charge in [-0.25, -0.2) is 9.97 Å². The Kier molecular flexibility index (Phi) is 4.58. The lowest BCUT2D eigenvalue weighted by molar-refractivity contribution is 0.163. The van der Waals surface area contributed by atoms with E-state index in [-0.39, 0.29) is 6.10 Å². The van der Waals surface area contributed by atoms with Crippen molar-refractivity contribution in [1.29, 1.82) is 5.26 Å². The van der Waals surface area contributed by atoms with Gasteiger partial charge in [-0.2, -0.15) is 5.26 Å². The van der Waals surface area contributed by atoms with Crippen LogP contribution in [0, 0.1) is 18.3 Å². The molecule has 3 heterocycles. The predicted molar refractivity (Wildman–Crippen MR) is 86.6 cm³/mol. The van der Waals surface area contributed by atoms with E-state index in [0.29, 0.717) is 16.5 Å². The van der Waals surface area contributed by atoms with Crippen molar-refractivity contribution < 1.29 is 4.74 Å². The number of pyridine rings is 1. The van der Waals surface area contributed by atoms with Crippen molar-refractivity contribution in [2.24, 2.45) is 0 Å². The maximum atomic E-state index is 8.87. The molecule has 0 spiro atoms. The maximum Gasteiger partial charge on any atom is 0.232 e. The van der Waals surface area contributed by atoms with E-state index in [1.807, 2.05) is 13.0 Å². The number of aromatic nitrogens is 3. The monoisotopic (exact) mass is 329 g/mol. The first-order valence-corrected chi connectivity index (χ1v) is 7.79. The van der Waals surface area contributed by atoms with Gasteiger partial charge in [-0.15, -0.1) is 0 Å². The van der Waals surface area contributed by atoms with Crippen molar-refractivity contribution >= 4 is 17.4 Å². The highest BCUT2D eigenvalue weighted by molar-refractivity contribution is 6.33. The maximum absolute atomic E-state index is 8.87. The summed E-state index contributed by atoms with van der Waals surface area (Å²) in [5, 5.41) is 9.38. The van der Waals surface area contributed by atoms with Gasteiger partial charge in [0.1, 0.15) is 18.0 Å². The summed E-state index contributed by atoms with van der Waals surface area (Å²) in [6.07, 6.45) is 6.71. The fourth-order valence-electron chi connectivity index (χ4n) is 2.58. The van der Waals surface area contributed by atoms with Gasteiger partial charge >= 0.3 is 0 Å². The molecular weight excluding hydrogens is 314 g/mol. The average molecular weight is 330 g/mol. The van der Waals surface area contributed by atoms with Crippen LogP contribution in [0.5, 0.6) is 5.88 Å². The number of piperidine rings is 1. The van der Waals surface area contributed by atoms with Gasteiger partial charge in [0.25, 0.3) is 0 Å². The third kappa shape index (κ3) is 3.69. The molecule has 0 N–H and O–H groups in total. The molecule has 7 heteroatoms. The zero-order chi connectivity index (χ0) is 16.2. The smallest absolute Gasteiger partial charge is 0.232 e. The Morgan fingerprint density at radius 3 is 2.74 bits per heavy atom. The molecule has 0 aromatic carbocycles. The minimum Gasteiger partial charge on any atom is -0.473 e. The van der Waals surface area contributed by atoms with E-state index in [2.05, 4.69) is 19.9 Å². The van der Waals surface area contributed by atoms with Gasteiger partial charge in [-0.3, -0.25) is 4.98 Å². The Hall–Kier alpha value is -2.39. The van der Waals surface area contributed by atoms with Crippen LogP contribution in [0.15, 0.2) is 24.7 Å². The first kappa shape index (κ1) is 15.5. The molecule has 1 fully saturated rings. The van der Waals surface area contributed by atoms with Gasteiger partial charge < -0.3 is 9.64 Å². The summed E-state index contributed by atoms with van der Waals surface area (Å²) in [5.74, 6) is 1.29. The molecule has 0 unspecified atom stereocenters. The Morgan fingerprint density at radius 2 is 2.09 bits per heavy atom. The zero-order valence-corrected chi connectivity index (χ0v) is 13.5. The van der Waals surface area contributed by atoms with Crippen molar-refractivity contribution in [1.82, 2.24) is 15.0 Å². The number of aryl methyl sites for hydroxylation is 1. The Balaban J connectivity index is 1.61. The topological polar surface area (TPSA) is 74.9 Å². The Morgan fingerprint density at radius 1 is 1.30 bits per heavy atom. The SMILES string of the molecule is Cc1cncc(OC2CCN(c3ncc(C#N)cc3Cl)CC2)n1. The lowest BCUT2D eigenvalue weighted by Gasteiger charge is -2.33. The number of halogens is 1. The number of anilines is 1. The standard InChI is InChI=1S/C16H16ClN5O/c1-11-8-19-10-15(21-11)23-13-2-4-22(5-3-13)16-14(17)6-12(7-18)9-20-16/h6,8-10,13H,2-5H2,1H3. The highest BCUT2D eigenvalue weighted by Crippen LogP contribution is 2.27. The van der Waals surface area contributed by atoms with E-state index in [9.17, 15) is 0 Å². The van der Waals surface area contributed by atoms with Crippen molar-refractivity contribution in [3.8, 4) is 11.9 Å². The summed E-state index contributed by atoms with van der Waals surface area (Å²) < 4.78 is 5.89. The summed E-state index contributed by atoms with van der Waals surface area (Å²) in [5.41, 5.74) is 1.31. The highest BCUT2D eigenvalue weighted by Gasteiger charge is 2.23. The summed E-state index contributed by atoms with van der Waals surface area (Å²) in [6, 6.07) is 3.69. The molecule has 118 valence electrons. The normalized spacial score (nSPS) is 15.3. The van der Waals surface area contributed by atoms with Crippen LogP contribution in [-0.4, -0.2) is 34.1 Å². The Bertz CT molecular complexity index is 737. The molecular formula is C16H16ClN5O. The number of nitrogens with zero attached hydrogens (tertiary/aromatic N) is 5. The van der Waals surface area contributed by atoms with Crippen LogP contribution in [-0.2, 0) is 0 Å². The molecule has 0 bridgehead atoms. The van der Waals surface area contributed by atoms with E-state index in [1.165, 1.54) is 0 Å². The zero-order valence-electron chi connectivity index (χ0n) is 12.7. The van der Waals surface area contributed by atoms with Crippen LogP contribution in [0.1, 0.15) is 24.1 Å². The lowest BCUT2D eigenvalue weighted by atomic mass is 10.1. The molecule has 0 atom stereocenters. The average Bonchev–Trinajstić information content (AvgIpc) is 2.56. The minimum atomic E-state index is 0.111. The number of hydrogen-bond donors (Lipinski definition) is 0. The van der Waals surface area contributed by atoms with Crippen molar-refractivity contribution in [2.45, 2.75) is 25.9 Å². The molecule has 0 radical (unpaired) electrons. The molecule has 0 aliphatic carbocycles. The van der Waals surface area contributed by atoms with Gasteiger partial charge in [0, 0.05) is 38.3 Å². The van der Waals surface area contributed by atoms with Crippen LogP contribution in [0.25, 0.3) is 0 Å². The van der Waals surface area contributed by atoms with E-state index in [4.69, 9.17) is 21.6 Å². The second kappa shape index (κ2) is 6.80. The first-order valence-electron chi connectivity index (χ1n) is 7.41. The fourth-order valence-corrected chi connectivity index (χ4v) is 2.86. The van der Waals surface area contributed by atoms with Crippen LogP contribution < -0.4 is 9.64 Å². The minimum absolute atomic E-state index is 0.111. The van der Waals surface area contributed by atoms with Crippen LogP contribution in [0.4, 0.5) is 5.82 Å². The van der Waals surface area contributed by atoms with Gasteiger partial charge in [0.15, 0.2) is 0 Å². The van der Waals surface area contributed by atoms with E-state index in [1.54, 1.807) is 24.7 Å². The number of rotatable bonds is 3. The van der Waals surface area contributed by atoms with E-state index in [0.717, 1.165) is 37.4 Å². The third-order valence-electron chi connectivity index (χ3n) is 3.71. The summed E-state index contributed by atoms with van der Waals surface area (Å²) in [4.78, 5) is 14.8. The van der Waals surface area contributed by atoms with Gasteiger partial charge in [-0.1, -0.05) is 11.6 Å². The molecule has 1 aliphatic rings. The predicted octanol–water partition coefficient (Wildman–Crippen LogP) is 2.75. The molecule has 1 saturated heterocycles. The highest BCUT2D eigenvalue weighted by atomic mass is 35.5. The largest absolute Gasteiger partial charge is 0.473 e. The van der Waals surface area contributed by atoms with Crippen LogP contribution in [0.2, 0.25) is 5.02 Å². The molecule has 1 aliphatic heterocycles. The molecule has 2 aromatic rings. The number of ether oxygens (including phenoxy) is 1. The second-order valence-corrected chi connectivity index (χ2v) is 5.85. The van der Waals surface area contributed by atoms with Crippen LogP contribution >= 0.6 is 11.6 Å². The molecule has 6 nitrogen and oxygen atoms in total. The summed E-state index contributed by atoms with van der Waals surface area (Å²) >= 11 is 6.22. The van der Waals surface area contributed by atoms with Crippen molar-refractivity contribution in [2.75, 3.05) is 18.0 Å². The van der Waals surface area contributed by atoms with Crippen LogP contribution in [0.3, 0.4) is 0 Å². The van der Waals surface area contributed by atoms with E-state index < -0.39 is 0 Å². The van der Waals surface area contributed by atoms with Crippen molar-refractivity contribution in [3.63, 3.8) is 0 Å². The molecule has 3 rings (SSSR count). The molecule has 23 heavy (non-hydrogen) atoms. The Labute approximate surface area is 139 Å². The fraction of sp³-hybridized carbons (Fsp3) is 0.375. The lowest BCUT2D eigenvalue weighted by Crippen LogP contribution is -2.39. The molecule has 0 saturated carbocycles. The summed E-state index contributed by atoms with van der Waals surface area (Å²) in [7, 11) is 0. The van der Waals surface area contributed by atoms with Gasteiger partial charge in [0.2, 0.25) is 5.88 Å². The number of hydrogen-bond acceptors (Lipinski definition) is 6. The molecule has 0 amide bonds. The van der Waals surface area contributed by atoms with Gasteiger partial charge in [-0.05, 0) is 13.0 Å². The van der Waals surface area contributed by atoms with Gasteiger partial charge in [0.05, 0.1) is 22.5 Å². The quantitative estimate of drug-likeness (QED) is 0.862. The molecule has 2 aromatic heterocycles. The van der Waals surface area contributed by atoms with Crippen molar-refractivity contribution in [3.05, 3.63) is 40.9 Å². The second-order valence-electron chi connectivity index (χ2n) is 5.44. The first-order chi connectivity index (χ1) is 11.2. The van der Waals surface area contributed by atoms with E-state index >= 15 is 0 Å². The third-order valence-corrected chi connectivity index (χ3v) is 3.99. The summed E-state index contributed by atoms with van der Waals surface area (Å²) in [6.45, 7) is 3.48. The number of nitriles is 1.